The van der Waals surface area contributed by atoms with Crippen molar-refractivity contribution in [2.75, 3.05) is 14.1 Å². The van der Waals surface area contributed by atoms with E-state index in [1.165, 1.54) is 18.9 Å². The van der Waals surface area contributed by atoms with E-state index >= 15 is 0 Å². The number of carbonyl (C=O) groups is 2. The Labute approximate surface area is 169 Å². The van der Waals surface area contributed by atoms with Gasteiger partial charge in [-0.25, -0.2) is 4.98 Å². The van der Waals surface area contributed by atoms with Crippen LogP contribution in [0.4, 0.5) is 0 Å². The topological polar surface area (TPSA) is 71.1 Å². The minimum Gasteiger partial charge on any atom is -0.354 e. The summed E-state index contributed by atoms with van der Waals surface area (Å²) in [6, 6.07) is 14.1. The summed E-state index contributed by atoms with van der Waals surface area (Å²) in [6.07, 6.45) is 4.38. The zero-order chi connectivity index (χ0) is 20.9. The second-order valence-electron chi connectivity index (χ2n) is 6.34. The standard InChI is InChI=1S/C17H18N2O2.C4H9N.C2H6/c1-3-14(13-7-5-4-6-8-13)15-9-12(11-20)10-16(19-15)17(21)18-2;1-5-4-2-3-4;1-2/h4-11,14H,3H2,1-2H3,(H,18,21);4-5H,2-3H2,1H3;1-2H3. The molecule has 152 valence electrons. The van der Waals surface area contributed by atoms with Gasteiger partial charge in [-0.2, -0.15) is 0 Å². The van der Waals surface area contributed by atoms with Crippen LogP contribution >= 0.6 is 0 Å². The molecular formula is C23H33N3O2. The van der Waals surface area contributed by atoms with Crippen molar-refractivity contribution >= 4 is 12.2 Å². The summed E-state index contributed by atoms with van der Waals surface area (Å²) in [7, 11) is 3.56. The molecule has 0 aliphatic heterocycles. The van der Waals surface area contributed by atoms with Gasteiger partial charge in [0, 0.05) is 30.3 Å². The molecule has 5 nitrogen and oxygen atoms in total. The fourth-order valence-corrected chi connectivity index (χ4v) is 2.74. The lowest BCUT2D eigenvalue weighted by Gasteiger charge is -2.16. The van der Waals surface area contributed by atoms with Gasteiger partial charge in [0.1, 0.15) is 12.0 Å². The number of aromatic nitrogens is 1. The molecule has 28 heavy (non-hydrogen) atoms. The summed E-state index contributed by atoms with van der Waals surface area (Å²) in [5, 5.41) is 5.68. The Bertz CT molecular complexity index is 728. The smallest absolute Gasteiger partial charge is 0.269 e. The summed E-state index contributed by atoms with van der Waals surface area (Å²) in [4.78, 5) is 27.3. The van der Waals surface area contributed by atoms with Gasteiger partial charge in [-0.05, 0) is 44.0 Å². The summed E-state index contributed by atoms with van der Waals surface area (Å²) < 4.78 is 0. The maximum Gasteiger partial charge on any atom is 0.269 e. The summed E-state index contributed by atoms with van der Waals surface area (Å²) in [5.41, 5.74) is 2.60. The number of benzene rings is 1. The Balaban J connectivity index is 0.000000476. The SMILES string of the molecule is CC.CCC(c1ccccc1)c1cc(C=O)cc(C(=O)NC)n1.CNC1CC1. The summed E-state index contributed by atoms with van der Waals surface area (Å²) in [6.45, 7) is 6.06. The van der Waals surface area contributed by atoms with Crippen molar-refractivity contribution in [3.8, 4) is 0 Å². The number of hydrogen-bond donors (Lipinski definition) is 2. The number of hydrogen-bond acceptors (Lipinski definition) is 4. The predicted octanol–water partition coefficient (Wildman–Crippen LogP) is 4.19. The van der Waals surface area contributed by atoms with Gasteiger partial charge in [-0.1, -0.05) is 51.1 Å². The Morgan fingerprint density at radius 2 is 1.82 bits per heavy atom. The van der Waals surface area contributed by atoms with Crippen molar-refractivity contribution in [1.29, 1.82) is 0 Å². The van der Waals surface area contributed by atoms with Crippen LogP contribution in [0.25, 0.3) is 0 Å². The molecule has 1 amide bonds. The van der Waals surface area contributed by atoms with E-state index in [0.29, 0.717) is 5.56 Å². The molecule has 1 saturated carbocycles. The monoisotopic (exact) mass is 383 g/mol. The van der Waals surface area contributed by atoms with E-state index in [4.69, 9.17) is 0 Å². The second kappa shape index (κ2) is 12.8. The molecule has 1 atom stereocenters. The van der Waals surface area contributed by atoms with Gasteiger partial charge in [0.25, 0.3) is 5.91 Å². The minimum absolute atomic E-state index is 0.0644. The fourth-order valence-electron chi connectivity index (χ4n) is 2.74. The zero-order valence-electron chi connectivity index (χ0n) is 17.7. The van der Waals surface area contributed by atoms with E-state index in [1.54, 1.807) is 13.1 Å². The highest BCUT2D eigenvalue weighted by atomic mass is 16.1. The number of nitrogens with zero attached hydrogens (tertiary/aromatic N) is 1. The van der Waals surface area contributed by atoms with E-state index in [2.05, 4.69) is 22.5 Å². The van der Waals surface area contributed by atoms with E-state index in [9.17, 15) is 9.59 Å². The number of nitrogens with one attached hydrogen (secondary N) is 2. The molecule has 3 rings (SSSR count). The lowest BCUT2D eigenvalue weighted by atomic mass is 9.92. The van der Waals surface area contributed by atoms with Crippen molar-refractivity contribution in [2.24, 2.45) is 0 Å². The quantitative estimate of drug-likeness (QED) is 0.734. The number of rotatable bonds is 6. The molecule has 2 N–H and O–H groups in total. The summed E-state index contributed by atoms with van der Waals surface area (Å²) in [5.74, 6) is -0.225. The first-order chi connectivity index (χ1) is 13.6. The molecule has 1 aromatic heterocycles. The highest BCUT2D eigenvalue weighted by Crippen LogP contribution is 2.27. The van der Waals surface area contributed by atoms with Crippen molar-refractivity contribution in [2.45, 2.75) is 52.0 Å². The van der Waals surface area contributed by atoms with Crippen molar-refractivity contribution in [1.82, 2.24) is 15.6 Å². The summed E-state index contributed by atoms with van der Waals surface area (Å²) >= 11 is 0. The first kappa shape index (κ1) is 23.5. The molecule has 0 saturated heterocycles. The number of amides is 1. The number of carbonyl (C=O) groups excluding carboxylic acids is 2. The molecule has 0 spiro atoms. The second-order valence-corrected chi connectivity index (χ2v) is 6.34. The molecule has 0 bridgehead atoms. The zero-order valence-corrected chi connectivity index (χ0v) is 17.7. The minimum atomic E-state index is -0.289. The lowest BCUT2D eigenvalue weighted by Crippen LogP contribution is -2.20. The van der Waals surface area contributed by atoms with E-state index in [0.717, 1.165) is 30.0 Å². The molecular weight excluding hydrogens is 350 g/mol. The van der Waals surface area contributed by atoms with Gasteiger partial charge in [0.2, 0.25) is 0 Å². The molecule has 2 aromatic rings. The molecule has 1 aliphatic carbocycles. The maximum absolute atomic E-state index is 11.8. The Morgan fingerprint density at radius 1 is 1.18 bits per heavy atom. The van der Waals surface area contributed by atoms with Crippen molar-refractivity contribution in [3.63, 3.8) is 0 Å². The normalized spacial score (nSPS) is 13.2. The third-order valence-corrected chi connectivity index (χ3v) is 4.42. The number of pyridine rings is 1. The van der Waals surface area contributed by atoms with E-state index < -0.39 is 0 Å². The largest absolute Gasteiger partial charge is 0.354 e. The van der Waals surface area contributed by atoms with E-state index in [-0.39, 0.29) is 17.5 Å². The van der Waals surface area contributed by atoms with Crippen LogP contribution < -0.4 is 10.6 Å². The lowest BCUT2D eigenvalue weighted by molar-refractivity contribution is 0.0958. The van der Waals surface area contributed by atoms with Gasteiger partial charge < -0.3 is 10.6 Å². The van der Waals surface area contributed by atoms with Crippen LogP contribution in [-0.4, -0.2) is 37.3 Å². The van der Waals surface area contributed by atoms with Crippen LogP contribution in [0, 0.1) is 0 Å². The van der Waals surface area contributed by atoms with Gasteiger partial charge in [0.15, 0.2) is 0 Å². The van der Waals surface area contributed by atoms with Gasteiger partial charge in [-0.15, -0.1) is 0 Å². The maximum atomic E-state index is 11.8. The molecule has 1 heterocycles. The predicted molar refractivity (Wildman–Crippen MR) is 115 cm³/mol. The van der Waals surface area contributed by atoms with Crippen LogP contribution in [-0.2, 0) is 0 Å². The van der Waals surface area contributed by atoms with Crippen LogP contribution in [0.5, 0.6) is 0 Å². The third-order valence-electron chi connectivity index (χ3n) is 4.42. The molecule has 1 fully saturated rings. The van der Waals surface area contributed by atoms with Crippen molar-refractivity contribution < 1.29 is 9.59 Å². The molecule has 1 aliphatic rings. The first-order valence-electron chi connectivity index (χ1n) is 10.0. The average Bonchev–Trinajstić information content (AvgIpc) is 3.61. The van der Waals surface area contributed by atoms with Gasteiger partial charge >= 0.3 is 0 Å². The van der Waals surface area contributed by atoms with Crippen LogP contribution in [0.3, 0.4) is 0 Å². The molecule has 5 heteroatoms. The molecule has 0 radical (unpaired) electrons. The first-order valence-corrected chi connectivity index (χ1v) is 10.0. The Hall–Kier alpha value is -2.53. The van der Waals surface area contributed by atoms with Crippen LogP contribution in [0.1, 0.15) is 78.1 Å². The molecule has 1 unspecified atom stereocenters. The highest BCUT2D eigenvalue weighted by molar-refractivity contribution is 5.93. The van der Waals surface area contributed by atoms with Crippen molar-refractivity contribution in [3.05, 3.63) is 65.0 Å². The molecule has 1 aromatic carbocycles. The van der Waals surface area contributed by atoms with E-state index in [1.807, 2.05) is 51.2 Å². The number of aldehydes is 1. The average molecular weight is 384 g/mol. The van der Waals surface area contributed by atoms with Crippen LogP contribution in [0.2, 0.25) is 0 Å². The van der Waals surface area contributed by atoms with Crippen LogP contribution in [0.15, 0.2) is 42.5 Å². The Morgan fingerprint density at radius 3 is 2.25 bits per heavy atom. The fraction of sp³-hybridized carbons (Fsp3) is 0.435. The van der Waals surface area contributed by atoms with Gasteiger partial charge in [0.05, 0.1) is 0 Å². The van der Waals surface area contributed by atoms with Gasteiger partial charge in [-0.3, -0.25) is 9.59 Å². The highest BCUT2D eigenvalue weighted by Gasteiger charge is 2.17. The third kappa shape index (κ3) is 7.24. The Kier molecular flexibility index (Phi) is 10.7.